The van der Waals surface area contributed by atoms with Crippen LogP contribution in [-0.4, -0.2) is 36.4 Å². The quantitative estimate of drug-likeness (QED) is 0.0345. The van der Waals surface area contributed by atoms with E-state index in [1.807, 2.05) is 294 Å². The van der Waals surface area contributed by atoms with Crippen LogP contribution in [-0.2, 0) is 51.8 Å². The van der Waals surface area contributed by atoms with Gasteiger partial charge in [-0.25, -0.2) is 4.57 Å². The molecule has 6 atom stereocenters. The highest BCUT2D eigenvalue weighted by atomic mass is 31.2. The maximum atomic E-state index is 17.3. The molecule has 0 aliphatic heterocycles. The Labute approximate surface area is 488 Å². The zero-order valence-electron chi connectivity index (χ0n) is 47.1. The first-order chi connectivity index (χ1) is 40.5. The zero-order valence-corrected chi connectivity index (χ0v) is 48.0. The zero-order chi connectivity index (χ0) is 57.8. The number of nitrogens with one attached hydrogen (secondary N) is 3. The van der Waals surface area contributed by atoms with Crippen LogP contribution in [0.2, 0.25) is 0 Å². The summed E-state index contributed by atoms with van der Waals surface area (Å²) >= 11 is 0. The summed E-state index contributed by atoms with van der Waals surface area (Å²) in [4.78, 5) is 44.2. The number of phosphoric acid groups is 1. The number of hydrogen-bond acceptors (Lipinski definition) is 7. The normalized spacial score (nSPS) is 13.8. The number of rotatable bonds is 27. The lowest BCUT2D eigenvalue weighted by molar-refractivity contribution is -0.126. The van der Waals surface area contributed by atoms with Gasteiger partial charge in [0.05, 0.1) is 19.3 Å². The number of phosphoric ester groups is 1. The van der Waals surface area contributed by atoms with Crippen LogP contribution in [0.3, 0.4) is 0 Å². The molecule has 9 aromatic carbocycles. The molecule has 0 aromatic heterocycles. The van der Waals surface area contributed by atoms with Gasteiger partial charge >= 0.3 is 7.82 Å². The summed E-state index contributed by atoms with van der Waals surface area (Å²) in [5.41, 5.74) is 7.73. The fourth-order valence-corrected chi connectivity index (χ4v) is 12.8. The fourth-order valence-electron chi connectivity index (χ4n) is 11.1. The van der Waals surface area contributed by atoms with Crippen LogP contribution < -0.4 is 16.0 Å². The maximum Gasteiger partial charge on any atom is 0.480 e. The molecule has 11 heteroatoms. The van der Waals surface area contributed by atoms with Crippen molar-refractivity contribution in [1.82, 2.24) is 16.0 Å². The molecule has 0 radical (unpaired) electrons. The van der Waals surface area contributed by atoms with Crippen molar-refractivity contribution >= 4 is 25.5 Å². The molecular weight excluding hydrogens is 1050 g/mol. The molecule has 0 spiro atoms. The van der Waals surface area contributed by atoms with Crippen molar-refractivity contribution in [3.05, 3.63) is 323 Å². The minimum atomic E-state index is -5.28. The van der Waals surface area contributed by atoms with E-state index in [2.05, 4.69) is 16.0 Å². The van der Waals surface area contributed by atoms with Crippen molar-refractivity contribution in [1.29, 1.82) is 0 Å². The van der Waals surface area contributed by atoms with Gasteiger partial charge in [0, 0.05) is 35.5 Å². The number of hydrogen-bond donors (Lipinski definition) is 3. The maximum absolute atomic E-state index is 17.3. The molecule has 0 saturated heterocycles. The lowest BCUT2D eigenvalue weighted by Gasteiger charge is -2.39. The third-order valence-electron chi connectivity index (χ3n) is 15.2. The van der Waals surface area contributed by atoms with Crippen molar-refractivity contribution < 1.29 is 32.5 Å². The lowest BCUT2D eigenvalue weighted by atomic mass is 9.80. The van der Waals surface area contributed by atoms with E-state index in [-0.39, 0.29) is 19.3 Å². The van der Waals surface area contributed by atoms with Gasteiger partial charge in [-0.05, 0) is 50.1 Å². The topological polar surface area (TPSA) is 132 Å². The highest BCUT2D eigenvalue weighted by molar-refractivity contribution is 7.48. The summed E-state index contributed by atoms with van der Waals surface area (Å²) in [6.45, 7) is 5.81. The first kappa shape index (κ1) is 59.1. The Morgan fingerprint density at radius 1 is 0.301 bits per heavy atom. The first-order valence-corrected chi connectivity index (χ1v) is 29.9. The molecule has 0 unspecified atom stereocenters. The molecule has 10 nitrogen and oxygen atoms in total. The molecule has 422 valence electrons. The molecule has 83 heavy (non-hydrogen) atoms. The number of benzene rings is 9. The second-order valence-corrected chi connectivity index (χ2v) is 22.7. The van der Waals surface area contributed by atoms with Gasteiger partial charge in [0.1, 0.15) is 18.7 Å². The standard InChI is InChI=1S/C72H72N3O7P/c1-52(67(58-37-19-7-20-38-58)59-39-21-8-22-40-59)70(73-64(76)49-55-31-13-4-14-32-55)80-83(79,81-71(74-65(77)50-56-33-15-5-16-34-56)53(2)68(60-41-23-9-24-42-60)61-43-25-10-26-44-61)82-72(75-66(78)51-57-35-17-6-18-36-57)54(3)69(62-45-27-11-28-46-62)63-47-29-12-30-48-63/h4-48,52-54,67-72H,49-51H2,1-3H3,(H,73,76)(H,74,77)(H,75,78)/t52-,53-,54-,70-,71-,72-/m1/s1. The summed E-state index contributed by atoms with van der Waals surface area (Å²) in [6, 6.07) is 87.4. The van der Waals surface area contributed by atoms with E-state index in [1.165, 1.54) is 0 Å². The molecule has 0 aliphatic rings. The summed E-state index contributed by atoms with van der Waals surface area (Å²) < 4.78 is 38.8. The summed E-state index contributed by atoms with van der Waals surface area (Å²) in [6.07, 6.45) is -4.28. The van der Waals surface area contributed by atoms with Crippen LogP contribution in [0.1, 0.15) is 88.6 Å². The van der Waals surface area contributed by atoms with Crippen molar-refractivity contribution in [2.45, 2.75) is 76.5 Å². The molecule has 9 aromatic rings. The lowest BCUT2D eigenvalue weighted by Crippen LogP contribution is -2.48. The predicted octanol–water partition coefficient (Wildman–Crippen LogP) is 14.6. The molecule has 0 heterocycles. The SMILES string of the molecule is C[C@H](C(c1ccccc1)c1ccccc1)[C@H](NC(=O)Cc1ccccc1)OP(=O)(O[C@@H](NC(=O)Cc1ccccc1)[C@H](C)C(c1ccccc1)c1ccccc1)O[C@@H](NC(=O)Cc1ccccc1)[C@H](C)C(c1ccccc1)c1ccccc1. The van der Waals surface area contributed by atoms with Crippen LogP contribution in [0.25, 0.3) is 0 Å². The molecule has 0 fully saturated rings. The molecular formula is C72H72N3O7P. The van der Waals surface area contributed by atoms with E-state index in [9.17, 15) is 14.4 Å². The Bertz CT molecular complexity index is 2960. The monoisotopic (exact) mass is 1120 g/mol. The van der Waals surface area contributed by atoms with Crippen molar-refractivity contribution in [2.75, 3.05) is 0 Å². The second-order valence-electron chi connectivity index (χ2n) is 21.2. The Kier molecular flexibility index (Phi) is 21.0. The number of amides is 3. The molecule has 0 bridgehead atoms. The first-order valence-electron chi connectivity index (χ1n) is 28.4. The minimum absolute atomic E-state index is 0.0309. The van der Waals surface area contributed by atoms with E-state index in [1.54, 1.807) is 0 Å². The fraction of sp³-hybridized carbons (Fsp3) is 0.208. The Balaban J connectivity index is 1.22. The third kappa shape index (κ3) is 16.6. The Hall–Kier alpha value is -8.50. The van der Waals surface area contributed by atoms with Crippen LogP contribution in [0.4, 0.5) is 0 Å². The van der Waals surface area contributed by atoms with E-state index in [0.29, 0.717) is 0 Å². The van der Waals surface area contributed by atoms with Crippen LogP contribution in [0.5, 0.6) is 0 Å². The van der Waals surface area contributed by atoms with Crippen molar-refractivity contribution in [3.63, 3.8) is 0 Å². The van der Waals surface area contributed by atoms with Crippen LogP contribution in [0.15, 0.2) is 273 Å². The number of carbonyl (C=O) groups is 3. The highest BCUT2D eigenvalue weighted by Gasteiger charge is 2.46. The van der Waals surface area contributed by atoms with Crippen LogP contribution >= 0.6 is 7.82 Å². The highest BCUT2D eigenvalue weighted by Crippen LogP contribution is 2.56. The largest absolute Gasteiger partial charge is 0.480 e. The van der Waals surface area contributed by atoms with Gasteiger partial charge in [0.15, 0.2) is 0 Å². The van der Waals surface area contributed by atoms with E-state index >= 15 is 4.57 Å². The Morgan fingerprint density at radius 3 is 0.651 bits per heavy atom. The molecule has 9 rings (SSSR count). The van der Waals surface area contributed by atoms with Gasteiger partial charge in [-0.15, -0.1) is 0 Å². The second kappa shape index (κ2) is 29.5. The average molecular weight is 1120 g/mol. The molecule has 0 saturated carbocycles. The van der Waals surface area contributed by atoms with Gasteiger partial charge in [0.2, 0.25) is 17.7 Å². The smallest absolute Gasteiger partial charge is 0.330 e. The molecule has 3 N–H and O–H groups in total. The van der Waals surface area contributed by atoms with Crippen molar-refractivity contribution in [2.24, 2.45) is 17.8 Å². The summed E-state index contributed by atoms with van der Waals surface area (Å²) in [7, 11) is -5.28. The van der Waals surface area contributed by atoms with E-state index < -0.39 is 79.7 Å². The Morgan fingerprint density at radius 2 is 0.470 bits per heavy atom. The van der Waals surface area contributed by atoms with Gasteiger partial charge in [-0.3, -0.25) is 28.0 Å². The predicted molar refractivity (Wildman–Crippen MR) is 329 cm³/mol. The van der Waals surface area contributed by atoms with Gasteiger partial charge in [-0.1, -0.05) is 294 Å². The number of carbonyl (C=O) groups excluding carboxylic acids is 3. The van der Waals surface area contributed by atoms with E-state index in [0.717, 1.165) is 50.1 Å². The van der Waals surface area contributed by atoms with Crippen molar-refractivity contribution in [3.8, 4) is 0 Å². The van der Waals surface area contributed by atoms with Gasteiger partial charge in [-0.2, -0.15) is 0 Å². The summed E-state index contributed by atoms with van der Waals surface area (Å²) in [5, 5.41) is 9.52. The summed E-state index contributed by atoms with van der Waals surface area (Å²) in [5.74, 6) is -4.65. The third-order valence-corrected chi connectivity index (χ3v) is 16.7. The van der Waals surface area contributed by atoms with Gasteiger partial charge in [0.25, 0.3) is 0 Å². The average Bonchev–Trinajstić information content (AvgIpc) is 3.61. The molecule has 3 amide bonds. The molecule has 0 aliphatic carbocycles. The van der Waals surface area contributed by atoms with E-state index in [4.69, 9.17) is 13.6 Å². The minimum Gasteiger partial charge on any atom is -0.330 e. The van der Waals surface area contributed by atoms with Gasteiger partial charge < -0.3 is 16.0 Å². The van der Waals surface area contributed by atoms with Crippen LogP contribution in [0, 0.1) is 17.8 Å².